The number of rotatable bonds is 2. The summed E-state index contributed by atoms with van der Waals surface area (Å²) in [5.41, 5.74) is 1.08. The van der Waals surface area contributed by atoms with Crippen molar-refractivity contribution in [1.29, 1.82) is 0 Å². The van der Waals surface area contributed by atoms with Gasteiger partial charge in [-0.3, -0.25) is 4.79 Å². The summed E-state index contributed by atoms with van der Waals surface area (Å²) in [4.78, 5) is 27.9. The maximum atomic E-state index is 11.6. The molecule has 3 heterocycles. The van der Waals surface area contributed by atoms with Gasteiger partial charge in [0.05, 0.1) is 6.54 Å². The van der Waals surface area contributed by atoms with Gasteiger partial charge in [-0.1, -0.05) is 5.16 Å². The normalized spacial score (nSPS) is 24.7. The summed E-state index contributed by atoms with van der Waals surface area (Å²) >= 11 is 0. The highest BCUT2D eigenvalue weighted by Gasteiger charge is 2.47. The zero-order valence-electron chi connectivity index (χ0n) is 11.6. The summed E-state index contributed by atoms with van der Waals surface area (Å²) in [5, 5.41) is 6.50. The molecule has 1 amide bonds. The molecular formula is C13H17N5O2. The molecule has 2 aliphatic rings. The minimum Gasteiger partial charge on any atom is -0.386 e. The summed E-state index contributed by atoms with van der Waals surface area (Å²) in [7, 11) is 1.59. The summed E-state index contributed by atoms with van der Waals surface area (Å²) in [5.74, 6) is 0.524. The molecule has 3 rings (SSSR count). The quantitative estimate of drug-likeness (QED) is 0.837. The maximum absolute atomic E-state index is 11.6. The van der Waals surface area contributed by atoms with Crippen molar-refractivity contribution in [3.8, 4) is 0 Å². The highest BCUT2D eigenvalue weighted by molar-refractivity contribution is 6.39. The monoisotopic (exact) mass is 275 g/mol. The molecule has 0 saturated carbocycles. The molecule has 106 valence electrons. The smallest absolute Gasteiger partial charge is 0.268 e. The second-order valence-electron chi connectivity index (χ2n) is 5.30. The van der Waals surface area contributed by atoms with Crippen molar-refractivity contribution in [1.82, 2.24) is 15.3 Å². The molecule has 1 aromatic rings. The van der Waals surface area contributed by atoms with Crippen LogP contribution in [0.1, 0.15) is 18.4 Å². The summed E-state index contributed by atoms with van der Waals surface area (Å²) in [6.07, 6.45) is 4.95. The number of oxime groups is 1. The second kappa shape index (κ2) is 4.73. The molecule has 1 atom stereocenters. The molecule has 0 aliphatic carbocycles. The van der Waals surface area contributed by atoms with E-state index in [1.807, 2.05) is 6.92 Å². The molecule has 1 spiro atoms. The van der Waals surface area contributed by atoms with Gasteiger partial charge in [-0.25, -0.2) is 9.97 Å². The van der Waals surface area contributed by atoms with Crippen LogP contribution in [0.4, 0.5) is 5.95 Å². The van der Waals surface area contributed by atoms with Crippen molar-refractivity contribution in [2.45, 2.75) is 25.4 Å². The van der Waals surface area contributed by atoms with E-state index in [2.05, 4.69) is 25.3 Å². The fourth-order valence-electron chi connectivity index (χ4n) is 2.57. The number of nitrogens with one attached hydrogen (secondary N) is 1. The topological polar surface area (TPSA) is 79.7 Å². The average molecular weight is 275 g/mol. The lowest BCUT2D eigenvalue weighted by atomic mass is 9.96. The molecule has 7 heteroatoms. The summed E-state index contributed by atoms with van der Waals surface area (Å²) in [6, 6.07) is 0. The number of hydrogen-bond acceptors (Lipinski definition) is 6. The van der Waals surface area contributed by atoms with Crippen LogP contribution in [-0.4, -0.2) is 47.3 Å². The van der Waals surface area contributed by atoms with Crippen LogP contribution in [0.15, 0.2) is 17.5 Å². The molecule has 7 nitrogen and oxygen atoms in total. The van der Waals surface area contributed by atoms with Gasteiger partial charge < -0.3 is 15.1 Å². The lowest BCUT2D eigenvalue weighted by Crippen LogP contribution is -2.36. The predicted octanol–water partition coefficient (Wildman–Crippen LogP) is 0.256. The molecule has 1 fully saturated rings. The van der Waals surface area contributed by atoms with Crippen LogP contribution in [0.25, 0.3) is 0 Å². The Hall–Kier alpha value is -2.18. The molecule has 1 N–H and O–H groups in total. The van der Waals surface area contributed by atoms with Gasteiger partial charge in [0, 0.05) is 38.8 Å². The van der Waals surface area contributed by atoms with E-state index in [0.717, 1.165) is 18.5 Å². The third-order valence-corrected chi connectivity index (χ3v) is 3.69. The number of hydrogen-bond donors (Lipinski definition) is 1. The number of carbonyl (C=O) groups excluding carboxylic acids is 1. The highest BCUT2D eigenvalue weighted by Crippen LogP contribution is 2.35. The lowest BCUT2D eigenvalue weighted by Gasteiger charge is -2.21. The molecule has 20 heavy (non-hydrogen) atoms. The minimum absolute atomic E-state index is 0.174. The van der Waals surface area contributed by atoms with Gasteiger partial charge in [0.25, 0.3) is 5.91 Å². The van der Waals surface area contributed by atoms with E-state index in [0.29, 0.717) is 24.6 Å². The first-order valence-electron chi connectivity index (χ1n) is 6.63. The maximum Gasteiger partial charge on any atom is 0.268 e. The van der Waals surface area contributed by atoms with Gasteiger partial charge in [0.15, 0.2) is 5.60 Å². The van der Waals surface area contributed by atoms with E-state index in [-0.39, 0.29) is 5.91 Å². The van der Waals surface area contributed by atoms with E-state index in [1.54, 1.807) is 19.4 Å². The molecule has 0 aromatic carbocycles. The molecule has 1 aromatic heterocycles. The number of aryl methyl sites for hydroxylation is 1. The van der Waals surface area contributed by atoms with E-state index in [4.69, 9.17) is 4.84 Å². The fourth-order valence-corrected chi connectivity index (χ4v) is 2.57. The predicted molar refractivity (Wildman–Crippen MR) is 73.5 cm³/mol. The minimum atomic E-state index is -0.407. The highest BCUT2D eigenvalue weighted by atomic mass is 16.7. The molecule has 0 radical (unpaired) electrons. The second-order valence-corrected chi connectivity index (χ2v) is 5.30. The van der Waals surface area contributed by atoms with E-state index >= 15 is 0 Å². The summed E-state index contributed by atoms with van der Waals surface area (Å²) < 4.78 is 0. The van der Waals surface area contributed by atoms with Crippen LogP contribution >= 0.6 is 0 Å². The molecule has 0 bridgehead atoms. The average Bonchev–Trinajstić information content (AvgIpc) is 3.07. The number of anilines is 1. The van der Waals surface area contributed by atoms with Crippen molar-refractivity contribution in [2.24, 2.45) is 5.16 Å². The molecule has 0 unspecified atom stereocenters. The van der Waals surface area contributed by atoms with Crippen molar-refractivity contribution < 1.29 is 9.63 Å². The first kappa shape index (κ1) is 12.8. The van der Waals surface area contributed by atoms with Crippen LogP contribution in [0, 0.1) is 6.92 Å². The molecule has 2 aliphatic heterocycles. The Balaban J connectivity index is 1.69. The van der Waals surface area contributed by atoms with Gasteiger partial charge >= 0.3 is 0 Å². The first-order chi connectivity index (χ1) is 9.62. The van der Waals surface area contributed by atoms with Crippen LogP contribution in [-0.2, 0) is 9.63 Å². The lowest BCUT2D eigenvalue weighted by molar-refractivity contribution is -0.114. The van der Waals surface area contributed by atoms with Crippen molar-refractivity contribution in [2.75, 3.05) is 25.0 Å². The standard InChI is InChI=1S/C13H17N5O2/c1-9-6-15-12(16-7-9)18-4-3-13(8-18)5-10(17-20-13)11(19)14-2/h6-7H,3-5,8H2,1-2H3,(H,14,19)/t13-/m1/s1. The Bertz CT molecular complexity index is 556. The third-order valence-electron chi connectivity index (χ3n) is 3.69. The van der Waals surface area contributed by atoms with E-state index in [9.17, 15) is 4.79 Å². The number of nitrogens with zero attached hydrogens (tertiary/aromatic N) is 4. The molecular weight excluding hydrogens is 258 g/mol. The Morgan fingerprint density at radius 2 is 2.20 bits per heavy atom. The van der Waals surface area contributed by atoms with Gasteiger partial charge in [0.2, 0.25) is 5.95 Å². The Kier molecular flexibility index (Phi) is 3.04. The van der Waals surface area contributed by atoms with Crippen LogP contribution < -0.4 is 10.2 Å². The zero-order valence-corrected chi connectivity index (χ0v) is 11.6. The fraction of sp³-hybridized carbons (Fsp3) is 0.538. The SMILES string of the molecule is CNC(=O)C1=NO[C@]2(CCN(c3ncc(C)cn3)C2)C1. The largest absolute Gasteiger partial charge is 0.386 e. The zero-order chi connectivity index (χ0) is 14.2. The third kappa shape index (κ3) is 2.19. The van der Waals surface area contributed by atoms with Crippen LogP contribution in [0.5, 0.6) is 0 Å². The first-order valence-corrected chi connectivity index (χ1v) is 6.63. The van der Waals surface area contributed by atoms with Crippen molar-refractivity contribution >= 4 is 17.6 Å². The van der Waals surface area contributed by atoms with Crippen LogP contribution in [0.2, 0.25) is 0 Å². The Morgan fingerprint density at radius 3 is 2.90 bits per heavy atom. The van der Waals surface area contributed by atoms with Gasteiger partial charge in [-0.2, -0.15) is 0 Å². The van der Waals surface area contributed by atoms with Crippen molar-refractivity contribution in [3.05, 3.63) is 18.0 Å². The van der Waals surface area contributed by atoms with Crippen LogP contribution in [0.3, 0.4) is 0 Å². The number of aromatic nitrogens is 2. The van der Waals surface area contributed by atoms with E-state index < -0.39 is 5.60 Å². The Labute approximate surface area is 117 Å². The van der Waals surface area contributed by atoms with Gasteiger partial charge in [-0.05, 0) is 12.5 Å². The number of carbonyl (C=O) groups is 1. The molecule has 1 saturated heterocycles. The van der Waals surface area contributed by atoms with Gasteiger partial charge in [0.1, 0.15) is 5.71 Å². The van der Waals surface area contributed by atoms with E-state index in [1.165, 1.54) is 0 Å². The van der Waals surface area contributed by atoms with Gasteiger partial charge in [-0.15, -0.1) is 0 Å². The Morgan fingerprint density at radius 1 is 1.45 bits per heavy atom. The number of amides is 1. The summed E-state index contributed by atoms with van der Waals surface area (Å²) in [6.45, 7) is 3.42. The van der Waals surface area contributed by atoms with Crippen molar-refractivity contribution in [3.63, 3.8) is 0 Å².